The number of ether oxygens (including phenoxy) is 2. The quantitative estimate of drug-likeness (QED) is 0.531. The van der Waals surface area contributed by atoms with Gasteiger partial charge >= 0.3 is 0 Å². The number of rotatable bonds is 6. The average Bonchev–Trinajstić information content (AvgIpc) is 2.70. The first-order valence-electron chi connectivity index (χ1n) is 9.61. The van der Waals surface area contributed by atoms with E-state index in [9.17, 15) is 8.78 Å². The molecule has 0 spiro atoms. The molecular formula is C23H26F2O2. The van der Waals surface area contributed by atoms with Gasteiger partial charge in [0.05, 0.1) is 12.4 Å². The van der Waals surface area contributed by atoms with Crippen molar-refractivity contribution in [1.29, 1.82) is 0 Å². The van der Waals surface area contributed by atoms with Crippen LogP contribution < -0.4 is 4.74 Å². The van der Waals surface area contributed by atoms with E-state index in [2.05, 4.69) is 0 Å². The molecular weight excluding hydrogens is 346 g/mol. The summed E-state index contributed by atoms with van der Waals surface area (Å²) in [6.07, 6.45) is 7.68. The summed E-state index contributed by atoms with van der Waals surface area (Å²) in [6, 6.07) is 10.8. The number of allylic oxidation sites excluding steroid dienone is 1. The maximum absolute atomic E-state index is 14.5. The highest BCUT2D eigenvalue weighted by Crippen LogP contribution is 2.36. The standard InChI is InChI=1S/C23H26F2O2/c1-3-15-27-21-14-13-20(22(24)23(21)25)18-7-5-16(6-8-18)17-9-11-19(12-10-17)26-4-2/h3,5-8,13-15,17,19H,4,9-12H2,1-2H3/b15-3+. The summed E-state index contributed by atoms with van der Waals surface area (Å²) in [7, 11) is 0. The minimum atomic E-state index is -0.969. The fraction of sp³-hybridized carbons (Fsp3) is 0.391. The Hall–Kier alpha value is -2.20. The van der Waals surface area contributed by atoms with Gasteiger partial charge in [0.25, 0.3) is 0 Å². The van der Waals surface area contributed by atoms with Crippen LogP contribution in [0.5, 0.6) is 5.75 Å². The van der Waals surface area contributed by atoms with Crippen LogP contribution in [-0.4, -0.2) is 12.7 Å². The zero-order chi connectivity index (χ0) is 19.2. The van der Waals surface area contributed by atoms with Crippen LogP contribution in [-0.2, 0) is 4.74 Å². The predicted molar refractivity (Wildman–Crippen MR) is 104 cm³/mol. The molecule has 1 fully saturated rings. The molecule has 2 aromatic carbocycles. The van der Waals surface area contributed by atoms with Crippen LogP contribution in [0.15, 0.2) is 48.7 Å². The summed E-state index contributed by atoms with van der Waals surface area (Å²) in [5.41, 5.74) is 2.16. The molecule has 0 amide bonds. The van der Waals surface area contributed by atoms with Crippen molar-refractivity contribution in [1.82, 2.24) is 0 Å². The Labute approximate surface area is 159 Å². The molecule has 1 aliphatic carbocycles. The van der Waals surface area contributed by atoms with Gasteiger partial charge in [0.15, 0.2) is 11.6 Å². The summed E-state index contributed by atoms with van der Waals surface area (Å²) in [6.45, 7) is 4.55. The van der Waals surface area contributed by atoms with Crippen molar-refractivity contribution >= 4 is 0 Å². The lowest BCUT2D eigenvalue weighted by Gasteiger charge is -2.28. The Morgan fingerprint density at radius 1 is 0.963 bits per heavy atom. The van der Waals surface area contributed by atoms with Gasteiger partial charge in [-0.15, -0.1) is 0 Å². The highest BCUT2D eigenvalue weighted by molar-refractivity contribution is 5.65. The largest absolute Gasteiger partial charge is 0.462 e. The van der Waals surface area contributed by atoms with Crippen molar-refractivity contribution in [2.24, 2.45) is 0 Å². The molecule has 1 saturated carbocycles. The number of benzene rings is 2. The maximum Gasteiger partial charge on any atom is 0.201 e. The molecule has 0 heterocycles. The van der Waals surface area contributed by atoms with Gasteiger partial charge in [-0.2, -0.15) is 4.39 Å². The summed E-state index contributed by atoms with van der Waals surface area (Å²) in [4.78, 5) is 0. The zero-order valence-electron chi connectivity index (χ0n) is 15.9. The molecule has 0 aromatic heterocycles. The van der Waals surface area contributed by atoms with Crippen LogP contribution in [0, 0.1) is 11.6 Å². The molecule has 0 aliphatic heterocycles. The highest BCUT2D eigenvalue weighted by Gasteiger charge is 2.23. The fourth-order valence-corrected chi connectivity index (χ4v) is 3.72. The highest BCUT2D eigenvalue weighted by atomic mass is 19.2. The monoisotopic (exact) mass is 372 g/mol. The summed E-state index contributed by atoms with van der Waals surface area (Å²) in [5, 5.41) is 0. The van der Waals surface area contributed by atoms with E-state index in [4.69, 9.17) is 9.47 Å². The van der Waals surface area contributed by atoms with Crippen LogP contribution in [0.4, 0.5) is 8.78 Å². The molecule has 2 nitrogen and oxygen atoms in total. The van der Waals surface area contributed by atoms with Crippen molar-refractivity contribution in [2.75, 3.05) is 6.61 Å². The van der Waals surface area contributed by atoms with Crippen LogP contribution in [0.1, 0.15) is 51.0 Å². The first-order valence-corrected chi connectivity index (χ1v) is 9.61. The molecule has 4 heteroatoms. The molecule has 3 rings (SSSR count). The molecule has 0 unspecified atom stereocenters. The van der Waals surface area contributed by atoms with Gasteiger partial charge in [0.1, 0.15) is 0 Å². The Morgan fingerprint density at radius 2 is 1.67 bits per heavy atom. The van der Waals surface area contributed by atoms with E-state index in [-0.39, 0.29) is 11.3 Å². The molecule has 1 aliphatic rings. The van der Waals surface area contributed by atoms with Crippen molar-refractivity contribution in [3.63, 3.8) is 0 Å². The van der Waals surface area contributed by atoms with Gasteiger partial charge in [0.2, 0.25) is 5.82 Å². The maximum atomic E-state index is 14.5. The average molecular weight is 372 g/mol. The van der Waals surface area contributed by atoms with Gasteiger partial charge in [0, 0.05) is 12.2 Å². The van der Waals surface area contributed by atoms with E-state index in [1.54, 1.807) is 19.1 Å². The number of hydrogen-bond donors (Lipinski definition) is 0. The Morgan fingerprint density at radius 3 is 2.30 bits per heavy atom. The summed E-state index contributed by atoms with van der Waals surface area (Å²) < 4.78 is 39.4. The zero-order valence-corrected chi connectivity index (χ0v) is 15.9. The van der Waals surface area contributed by atoms with Crippen molar-refractivity contribution in [3.05, 3.63) is 65.9 Å². The molecule has 0 radical (unpaired) electrons. The lowest BCUT2D eigenvalue weighted by Crippen LogP contribution is -2.20. The van der Waals surface area contributed by atoms with E-state index in [1.807, 2.05) is 31.2 Å². The van der Waals surface area contributed by atoms with Crippen LogP contribution in [0.2, 0.25) is 0 Å². The second kappa shape index (κ2) is 9.14. The first-order chi connectivity index (χ1) is 13.1. The Kier molecular flexibility index (Phi) is 6.62. The van der Waals surface area contributed by atoms with Gasteiger partial charge in [-0.1, -0.05) is 30.3 Å². The number of halogens is 2. The lowest BCUT2D eigenvalue weighted by atomic mass is 9.82. The fourth-order valence-electron chi connectivity index (χ4n) is 3.72. The SMILES string of the molecule is C/C=C/Oc1ccc(-c2ccc(C3CCC(OCC)CC3)cc2)c(F)c1F. The first kappa shape index (κ1) is 19.6. The van der Waals surface area contributed by atoms with Gasteiger partial charge < -0.3 is 9.47 Å². The van der Waals surface area contributed by atoms with Crippen LogP contribution >= 0.6 is 0 Å². The molecule has 0 bridgehead atoms. The van der Waals surface area contributed by atoms with Crippen molar-refractivity contribution < 1.29 is 18.3 Å². The van der Waals surface area contributed by atoms with E-state index in [0.717, 1.165) is 32.3 Å². The third kappa shape index (κ3) is 4.56. The molecule has 27 heavy (non-hydrogen) atoms. The summed E-state index contributed by atoms with van der Waals surface area (Å²) >= 11 is 0. The van der Waals surface area contributed by atoms with Gasteiger partial charge in [-0.25, -0.2) is 4.39 Å². The molecule has 2 aromatic rings. The Balaban J connectivity index is 1.73. The van der Waals surface area contributed by atoms with E-state index in [1.165, 1.54) is 17.9 Å². The second-order valence-electron chi connectivity index (χ2n) is 6.88. The minimum absolute atomic E-state index is 0.114. The van der Waals surface area contributed by atoms with Gasteiger partial charge in [-0.05, 0) is 68.7 Å². The second-order valence-corrected chi connectivity index (χ2v) is 6.88. The number of hydrogen-bond acceptors (Lipinski definition) is 2. The van der Waals surface area contributed by atoms with Crippen molar-refractivity contribution in [2.45, 2.75) is 51.6 Å². The Bertz CT molecular complexity index is 776. The topological polar surface area (TPSA) is 18.5 Å². The van der Waals surface area contributed by atoms with Crippen LogP contribution in [0.3, 0.4) is 0 Å². The predicted octanol–water partition coefficient (Wildman–Crippen LogP) is 6.61. The van der Waals surface area contributed by atoms with Crippen LogP contribution in [0.25, 0.3) is 11.1 Å². The third-order valence-electron chi connectivity index (χ3n) is 5.15. The summed E-state index contributed by atoms with van der Waals surface area (Å²) in [5.74, 6) is -1.46. The molecule has 0 saturated heterocycles. The van der Waals surface area contributed by atoms with E-state index in [0.29, 0.717) is 17.6 Å². The van der Waals surface area contributed by atoms with Gasteiger partial charge in [-0.3, -0.25) is 0 Å². The minimum Gasteiger partial charge on any atom is -0.462 e. The molecule has 0 atom stereocenters. The third-order valence-corrected chi connectivity index (χ3v) is 5.15. The molecule has 144 valence electrons. The smallest absolute Gasteiger partial charge is 0.201 e. The van der Waals surface area contributed by atoms with Crippen molar-refractivity contribution in [3.8, 4) is 16.9 Å². The van der Waals surface area contributed by atoms with E-state index >= 15 is 0 Å². The molecule has 0 N–H and O–H groups in total. The van der Waals surface area contributed by atoms with E-state index < -0.39 is 11.6 Å². The normalized spacial score (nSPS) is 20.1. The lowest BCUT2D eigenvalue weighted by molar-refractivity contribution is 0.0328.